The van der Waals surface area contributed by atoms with Crippen molar-refractivity contribution < 1.29 is 0 Å². The van der Waals surface area contributed by atoms with Crippen LogP contribution in [0.25, 0.3) is 33.0 Å². The van der Waals surface area contributed by atoms with Gasteiger partial charge in [0, 0.05) is 22.7 Å². The lowest BCUT2D eigenvalue weighted by Gasteiger charge is -2.52. The minimum absolute atomic E-state index is 0.191. The first kappa shape index (κ1) is 34.6. The van der Waals surface area contributed by atoms with Crippen molar-refractivity contribution in [2.45, 2.75) is 29.6 Å². The standard InChI is InChI=1S/C60H43N/c1-4-21-41(22-5-1)59(53-34-15-16-35-54(53)60(42-23-6-2-7-24-42)52-33-14-12-29-46(52)48-32-19-36-55(59)57(48)60)43-25-18-20-40(38-43)50-39-51-47-30-13-17-37-56(47)61(44-26-8-3-9-27-44)58(51)49-31-11-10-28-45(49)50/h1-21,23-29,31-39,41,47H,22,30H2. The Bertz CT molecular complexity index is 3220. The van der Waals surface area contributed by atoms with Gasteiger partial charge in [-0.15, -0.1) is 0 Å². The first-order chi connectivity index (χ1) is 30.3. The molecular formula is C60H43N. The van der Waals surface area contributed by atoms with E-state index in [1.54, 1.807) is 0 Å². The van der Waals surface area contributed by atoms with E-state index in [1.807, 2.05) is 0 Å². The zero-order valence-electron chi connectivity index (χ0n) is 33.9. The highest BCUT2D eigenvalue weighted by Gasteiger charge is 2.58. The maximum Gasteiger partial charge on any atom is 0.0719 e. The van der Waals surface area contributed by atoms with Crippen LogP contribution in [0, 0.1) is 5.92 Å². The van der Waals surface area contributed by atoms with Crippen LogP contribution in [0.15, 0.2) is 230 Å². The van der Waals surface area contributed by atoms with Crippen LogP contribution in [0.3, 0.4) is 0 Å². The molecule has 0 amide bonds. The molecule has 288 valence electrons. The van der Waals surface area contributed by atoms with Gasteiger partial charge < -0.3 is 4.90 Å². The van der Waals surface area contributed by atoms with Gasteiger partial charge in [0.25, 0.3) is 0 Å². The van der Waals surface area contributed by atoms with Crippen LogP contribution in [0.2, 0.25) is 0 Å². The van der Waals surface area contributed by atoms with E-state index in [1.165, 1.54) is 94.6 Å². The average molecular weight is 778 g/mol. The van der Waals surface area contributed by atoms with Crippen LogP contribution >= 0.6 is 0 Å². The van der Waals surface area contributed by atoms with E-state index < -0.39 is 10.8 Å². The smallest absolute Gasteiger partial charge is 0.0719 e. The molecule has 8 aromatic rings. The molecule has 13 rings (SSSR count). The summed E-state index contributed by atoms with van der Waals surface area (Å²) in [6.07, 6.45) is 18.2. The first-order valence-electron chi connectivity index (χ1n) is 21.9. The van der Waals surface area contributed by atoms with E-state index in [-0.39, 0.29) is 5.92 Å². The second kappa shape index (κ2) is 13.1. The van der Waals surface area contributed by atoms with Gasteiger partial charge in [0.05, 0.1) is 16.5 Å². The fourth-order valence-corrected chi connectivity index (χ4v) is 12.4. The van der Waals surface area contributed by atoms with Gasteiger partial charge in [-0.05, 0) is 121 Å². The molecule has 0 N–H and O–H groups in total. The monoisotopic (exact) mass is 777 g/mol. The molecule has 0 fully saturated rings. The van der Waals surface area contributed by atoms with Crippen LogP contribution in [0.1, 0.15) is 63.3 Å². The Balaban J connectivity index is 1.10. The van der Waals surface area contributed by atoms with Crippen molar-refractivity contribution >= 4 is 22.1 Å². The number of hydrogen-bond donors (Lipinski definition) is 0. The number of para-hydroxylation sites is 1. The molecule has 5 aliphatic rings. The van der Waals surface area contributed by atoms with Gasteiger partial charge in [0.15, 0.2) is 0 Å². The van der Waals surface area contributed by atoms with E-state index in [0.717, 1.165) is 12.8 Å². The van der Waals surface area contributed by atoms with Gasteiger partial charge in [-0.3, -0.25) is 0 Å². The molecule has 4 atom stereocenters. The van der Waals surface area contributed by atoms with Gasteiger partial charge in [-0.1, -0.05) is 194 Å². The molecule has 0 bridgehead atoms. The molecule has 1 heterocycles. The molecule has 1 heteroatoms. The van der Waals surface area contributed by atoms with Crippen molar-refractivity contribution in [3.63, 3.8) is 0 Å². The van der Waals surface area contributed by atoms with Crippen molar-refractivity contribution in [1.82, 2.24) is 0 Å². The molecule has 8 aromatic carbocycles. The molecule has 0 radical (unpaired) electrons. The third-order valence-corrected chi connectivity index (χ3v) is 14.7. The second-order valence-electron chi connectivity index (χ2n) is 17.4. The summed E-state index contributed by atoms with van der Waals surface area (Å²) < 4.78 is 0. The summed E-state index contributed by atoms with van der Waals surface area (Å²) >= 11 is 0. The molecule has 4 aliphatic carbocycles. The minimum atomic E-state index is -0.472. The van der Waals surface area contributed by atoms with Gasteiger partial charge in [0.2, 0.25) is 0 Å². The predicted molar refractivity (Wildman–Crippen MR) is 253 cm³/mol. The van der Waals surface area contributed by atoms with Crippen molar-refractivity contribution in [2.24, 2.45) is 5.92 Å². The molecule has 61 heavy (non-hydrogen) atoms. The third kappa shape index (κ3) is 4.56. The Morgan fingerprint density at radius 2 is 1.15 bits per heavy atom. The highest BCUT2D eigenvalue weighted by molar-refractivity contribution is 6.08. The lowest BCUT2D eigenvalue weighted by molar-refractivity contribution is 0.424. The molecule has 0 saturated carbocycles. The van der Waals surface area contributed by atoms with Gasteiger partial charge >= 0.3 is 0 Å². The normalized spacial score (nSPS) is 22.3. The fraction of sp³-hybridized carbons (Fsp3) is 0.100. The lowest BCUT2D eigenvalue weighted by atomic mass is 9.49. The van der Waals surface area contributed by atoms with Crippen molar-refractivity contribution in [2.75, 3.05) is 4.90 Å². The topological polar surface area (TPSA) is 3.24 Å². The third-order valence-electron chi connectivity index (χ3n) is 14.7. The van der Waals surface area contributed by atoms with E-state index >= 15 is 0 Å². The molecule has 4 unspecified atom stereocenters. The highest BCUT2D eigenvalue weighted by atomic mass is 15.2. The lowest BCUT2D eigenvalue weighted by Crippen LogP contribution is -2.47. The van der Waals surface area contributed by atoms with Crippen molar-refractivity contribution in [3.05, 3.63) is 275 Å². The van der Waals surface area contributed by atoms with Gasteiger partial charge in [-0.25, -0.2) is 0 Å². The number of fused-ring (bicyclic) bond motifs is 10. The van der Waals surface area contributed by atoms with Crippen LogP contribution in [-0.4, -0.2) is 0 Å². The van der Waals surface area contributed by atoms with E-state index in [0.29, 0.717) is 5.92 Å². The summed E-state index contributed by atoms with van der Waals surface area (Å²) in [5, 5.41) is 2.58. The largest absolute Gasteiger partial charge is 0.313 e. The minimum Gasteiger partial charge on any atom is -0.313 e. The van der Waals surface area contributed by atoms with E-state index in [9.17, 15) is 0 Å². The zero-order chi connectivity index (χ0) is 40.1. The Morgan fingerprint density at radius 3 is 1.98 bits per heavy atom. The quantitative estimate of drug-likeness (QED) is 0.168. The summed E-state index contributed by atoms with van der Waals surface area (Å²) in [5.74, 6) is 0.484. The number of hydrogen-bond acceptors (Lipinski definition) is 1. The molecular weight excluding hydrogens is 735 g/mol. The summed E-state index contributed by atoms with van der Waals surface area (Å²) in [5.41, 5.74) is 19.3. The van der Waals surface area contributed by atoms with Crippen molar-refractivity contribution in [1.29, 1.82) is 0 Å². The Kier molecular flexibility index (Phi) is 7.46. The van der Waals surface area contributed by atoms with Crippen LogP contribution in [0.4, 0.5) is 11.4 Å². The Morgan fingerprint density at radius 1 is 0.475 bits per heavy atom. The van der Waals surface area contributed by atoms with Crippen molar-refractivity contribution in [3.8, 4) is 22.3 Å². The number of benzene rings is 8. The van der Waals surface area contributed by atoms with Crippen LogP contribution in [0.5, 0.6) is 0 Å². The summed E-state index contributed by atoms with van der Waals surface area (Å²) in [6.45, 7) is 0. The summed E-state index contributed by atoms with van der Waals surface area (Å²) in [7, 11) is 0. The highest BCUT2D eigenvalue weighted by Crippen LogP contribution is 2.66. The van der Waals surface area contributed by atoms with Crippen LogP contribution < -0.4 is 4.90 Å². The molecule has 0 saturated heterocycles. The Hall–Kier alpha value is -7.22. The molecule has 0 spiro atoms. The molecule has 1 nitrogen and oxygen atoms in total. The molecule has 1 aliphatic heterocycles. The number of allylic oxidation sites excluding steroid dienone is 8. The maximum atomic E-state index is 2.57. The number of nitrogens with zero attached hydrogens (tertiary/aromatic N) is 1. The number of anilines is 2. The van der Waals surface area contributed by atoms with Gasteiger partial charge in [0.1, 0.15) is 0 Å². The first-order valence-corrected chi connectivity index (χ1v) is 21.9. The fourth-order valence-electron chi connectivity index (χ4n) is 12.4. The summed E-state index contributed by atoms with van der Waals surface area (Å²) in [6, 6.07) is 69.4. The number of rotatable bonds is 5. The van der Waals surface area contributed by atoms with E-state index in [4.69, 9.17) is 0 Å². The van der Waals surface area contributed by atoms with Gasteiger partial charge in [-0.2, -0.15) is 0 Å². The average Bonchev–Trinajstić information content (AvgIpc) is 3.84. The summed E-state index contributed by atoms with van der Waals surface area (Å²) in [4.78, 5) is 2.52. The second-order valence-corrected chi connectivity index (χ2v) is 17.4. The predicted octanol–water partition coefficient (Wildman–Crippen LogP) is 14.7. The zero-order valence-corrected chi connectivity index (χ0v) is 33.9. The molecule has 0 aromatic heterocycles. The maximum absolute atomic E-state index is 2.57. The Labute approximate surface area is 358 Å². The SMILES string of the molecule is C1=CCC2C(=C1)N(c1ccccc1)c1c2cc(-c2cccc(C3(C4C=CC=CC4)c4ccccc4C4(c5ccccc5)c5ccccc5-c5cccc3c54)c2)c2ccccc12. The van der Waals surface area contributed by atoms with E-state index in [2.05, 4.69) is 229 Å². The van der Waals surface area contributed by atoms with Crippen LogP contribution in [-0.2, 0) is 10.8 Å².